The molecule has 1 aromatic heterocycles. The van der Waals surface area contributed by atoms with Gasteiger partial charge in [0, 0.05) is 0 Å². The minimum atomic E-state index is -2.63. The summed E-state index contributed by atoms with van der Waals surface area (Å²) in [6.07, 6.45) is -2.63. The van der Waals surface area contributed by atoms with Gasteiger partial charge < -0.3 is 9.47 Å². The summed E-state index contributed by atoms with van der Waals surface area (Å²) in [7, 11) is 2.68. The summed E-state index contributed by atoms with van der Waals surface area (Å²) in [6.45, 7) is 0. The van der Waals surface area contributed by atoms with Crippen LogP contribution in [-0.2, 0) is 0 Å². The van der Waals surface area contributed by atoms with Crippen molar-refractivity contribution >= 4 is 15.9 Å². The van der Waals surface area contributed by atoms with E-state index in [-0.39, 0.29) is 17.3 Å². The number of hydrogen-bond donors (Lipinski definition) is 0. The Labute approximate surface area is 88.2 Å². The highest BCUT2D eigenvalue weighted by molar-refractivity contribution is 9.10. The van der Waals surface area contributed by atoms with E-state index in [4.69, 9.17) is 9.47 Å². The first-order chi connectivity index (χ1) is 6.60. The molecule has 0 radical (unpaired) electrons. The number of ether oxygens (including phenoxy) is 2. The zero-order valence-electron chi connectivity index (χ0n) is 7.55. The topological polar surface area (TPSA) is 31.4 Å². The van der Waals surface area contributed by atoms with Crippen molar-refractivity contribution in [1.82, 2.24) is 4.98 Å². The highest BCUT2D eigenvalue weighted by Crippen LogP contribution is 2.34. The second kappa shape index (κ2) is 4.54. The van der Waals surface area contributed by atoms with Gasteiger partial charge in [-0.1, -0.05) is 0 Å². The first-order valence-corrected chi connectivity index (χ1v) is 4.46. The van der Waals surface area contributed by atoms with Crippen molar-refractivity contribution < 1.29 is 18.3 Å². The molecule has 0 aliphatic carbocycles. The zero-order valence-corrected chi connectivity index (χ0v) is 9.14. The lowest BCUT2D eigenvalue weighted by atomic mass is 10.3. The van der Waals surface area contributed by atoms with Gasteiger partial charge in [0.15, 0.2) is 0 Å². The summed E-state index contributed by atoms with van der Waals surface area (Å²) in [5.74, 6) is 0.0892. The predicted molar refractivity (Wildman–Crippen MR) is 50.0 cm³/mol. The van der Waals surface area contributed by atoms with Crippen LogP contribution in [-0.4, -0.2) is 19.2 Å². The van der Waals surface area contributed by atoms with E-state index in [2.05, 4.69) is 20.9 Å². The van der Waals surface area contributed by atoms with Crippen LogP contribution in [0.4, 0.5) is 8.78 Å². The number of nitrogens with zero attached hydrogens (tertiary/aromatic N) is 1. The molecule has 0 fully saturated rings. The minimum absolute atomic E-state index is 0.125. The van der Waals surface area contributed by atoms with Gasteiger partial charge in [0.1, 0.15) is 0 Å². The van der Waals surface area contributed by atoms with E-state index in [0.717, 1.165) is 0 Å². The Kier molecular flexibility index (Phi) is 3.62. The highest BCUT2D eigenvalue weighted by atomic mass is 79.9. The summed E-state index contributed by atoms with van der Waals surface area (Å²) >= 11 is 3.06. The number of rotatable bonds is 3. The fraction of sp³-hybridized carbons (Fsp3) is 0.375. The normalized spacial score (nSPS) is 10.4. The third-order valence-corrected chi connectivity index (χ3v) is 2.13. The molecule has 1 aromatic rings. The standard InChI is InChI=1S/C8H8BrF2NO2/c1-13-7-4(6(10)11)3-5(9)8(12-7)14-2/h3,6H,1-2H3. The van der Waals surface area contributed by atoms with Crippen molar-refractivity contribution in [2.24, 2.45) is 0 Å². The number of pyridine rings is 1. The molecule has 0 aliphatic rings. The molecule has 6 heteroatoms. The third kappa shape index (κ3) is 2.12. The van der Waals surface area contributed by atoms with Gasteiger partial charge in [0.25, 0.3) is 6.43 Å². The molecule has 0 atom stereocenters. The maximum absolute atomic E-state index is 12.4. The Morgan fingerprint density at radius 1 is 1.29 bits per heavy atom. The van der Waals surface area contributed by atoms with Gasteiger partial charge >= 0.3 is 0 Å². The Hall–Kier alpha value is -0.910. The summed E-state index contributed by atoms with van der Waals surface area (Å²) in [6, 6.07) is 1.23. The molecule has 0 unspecified atom stereocenters. The molecule has 0 aliphatic heterocycles. The van der Waals surface area contributed by atoms with Crippen LogP contribution in [0.25, 0.3) is 0 Å². The molecule has 1 rings (SSSR count). The maximum atomic E-state index is 12.4. The number of aromatic nitrogens is 1. The molecule has 1 heterocycles. The molecule has 0 N–H and O–H groups in total. The van der Waals surface area contributed by atoms with E-state index in [1.54, 1.807) is 0 Å². The van der Waals surface area contributed by atoms with Gasteiger partial charge in [-0.25, -0.2) is 8.78 Å². The second-order valence-corrected chi connectivity index (χ2v) is 3.23. The van der Waals surface area contributed by atoms with Crippen LogP contribution < -0.4 is 9.47 Å². The molecule has 0 spiro atoms. The smallest absolute Gasteiger partial charge is 0.269 e. The van der Waals surface area contributed by atoms with Crippen LogP contribution >= 0.6 is 15.9 Å². The third-order valence-electron chi connectivity index (χ3n) is 1.56. The molecular formula is C8H8BrF2NO2. The molecular weight excluding hydrogens is 260 g/mol. The number of methoxy groups -OCH3 is 2. The monoisotopic (exact) mass is 267 g/mol. The lowest BCUT2D eigenvalue weighted by Crippen LogP contribution is -1.98. The van der Waals surface area contributed by atoms with E-state index >= 15 is 0 Å². The first-order valence-electron chi connectivity index (χ1n) is 3.66. The number of halogens is 3. The Balaban J connectivity index is 3.24. The summed E-state index contributed by atoms with van der Waals surface area (Å²) in [5.41, 5.74) is -0.264. The van der Waals surface area contributed by atoms with Gasteiger partial charge in [-0.2, -0.15) is 4.98 Å². The van der Waals surface area contributed by atoms with Gasteiger partial charge in [0.05, 0.1) is 24.3 Å². The Morgan fingerprint density at radius 3 is 2.29 bits per heavy atom. The Bertz CT molecular complexity index is 333. The van der Waals surface area contributed by atoms with Gasteiger partial charge in [0.2, 0.25) is 11.8 Å². The van der Waals surface area contributed by atoms with Crippen molar-refractivity contribution in [3.05, 3.63) is 16.1 Å². The van der Waals surface area contributed by atoms with Crippen LogP contribution in [0.1, 0.15) is 12.0 Å². The first kappa shape index (κ1) is 11.2. The van der Waals surface area contributed by atoms with Crippen LogP contribution in [0.3, 0.4) is 0 Å². The van der Waals surface area contributed by atoms with Crippen LogP contribution in [0.15, 0.2) is 10.5 Å². The van der Waals surface area contributed by atoms with Gasteiger partial charge in [-0.3, -0.25) is 0 Å². The van der Waals surface area contributed by atoms with E-state index in [9.17, 15) is 8.78 Å². The molecule has 0 saturated carbocycles. The van der Waals surface area contributed by atoms with Crippen molar-refractivity contribution in [2.45, 2.75) is 6.43 Å². The number of hydrogen-bond acceptors (Lipinski definition) is 3. The van der Waals surface area contributed by atoms with Gasteiger partial charge in [-0.05, 0) is 22.0 Å². The summed E-state index contributed by atoms with van der Waals surface area (Å²) in [4.78, 5) is 3.76. The average molecular weight is 268 g/mol. The lowest BCUT2D eigenvalue weighted by molar-refractivity contribution is 0.145. The predicted octanol–water partition coefficient (Wildman–Crippen LogP) is 2.80. The van der Waals surface area contributed by atoms with Crippen LogP contribution in [0, 0.1) is 0 Å². The fourth-order valence-electron chi connectivity index (χ4n) is 0.933. The number of alkyl halides is 2. The largest absolute Gasteiger partial charge is 0.481 e. The van der Waals surface area contributed by atoms with Crippen molar-refractivity contribution in [1.29, 1.82) is 0 Å². The van der Waals surface area contributed by atoms with E-state index in [1.165, 1.54) is 20.3 Å². The summed E-state index contributed by atoms with van der Waals surface area (Å²) < 4.78 is 34.8. The minimum Gasteiger partial charge on any atom is -0.481 e. The van der Waals surface area contributed by atoms with Crippen LogP contribution in [0.5, 0.6) is 11.8 Å². The SMILES string of the molecule is COc1nc(OC)c(C(F)F)cc1Br. The molecule has 0 saturated heterocycles. The fourth-order valence-corrected chi connectivity index (χ4v) is 1.43. The van der Waals surface area contributed by atoms with Crippen molar-refractivity contribution in [3.8, 4) is 11.8 Å². The molecule has 78 valence electrons. The highest BCUT2D eigenvalue weighted by Gasteiger charge is 2.18. The molecule has 0 bridgehead atoms. The van der Waals surface area contributed by atoms with Crippen molar-refractivity contribution in [2.75, 3.05) is 14.2 Å². The second-order valence-electron chi connectivity index (χ2n) is 2.38. The zero-order chi connectivity index (χ0) is 10.7. The quantitative estimate of drug-likeness (QED) is 0.844. The van der Waals surface area contributed by atoms with Crippen LogP contribution in [0.2, 0.25) is 0 Å². The maximum Gasteiger partial charge on any atom is 0.269 e. The Morgan fingerprint density at radius 2 is 1.86 bits per heavy atom. The van der Waals surface area contributed by atoms with E-state index in [0.29, 0.717) is 4.47 Å². The molecule has 14 heavy (non-hydrogen) atoms. The van der Waals surface area contributed by atoms with Crippen molar-refractivity contribution in [3.63, 3.8) is 0 Å². The van der Waals surface area contributed by atoms with Gasteiger partial charge in [-0.15, -0.1) is 0 Å². The molecule has 0 amide bonds. The summed E-state index contributed by atoms with van der Waals surface area (Å²) in [5, 5.41) is 0. The molecule has 0 aromatic carbocycles. The average Bonchev–Trinajstić information content (AvgIpc) is 2.17. The van der Waals surface area contributed by atoms with E-state index < -0.39 is 6.43 Å². The lowest BCUT2D eigenvalue weighted by Gasteiger charge is -2.09. The van der Waals surface area contributed by atoms with E-state index in [1.807, 2.05) is 0 Å². The molecule has 3 nitrogen and oxygen atoms in total.